The number of hydrogen-bond acceptors (Lipinski definition) is 4. The van der Waals surface area contributed by atoms with Gasteiger partial charge in [-0.3, -0.25) is 4.98 Å². The molecule has 0 aliphatic carbocycles. The number of pyridine rings is 1. The molecule has 0 bridgehead atoms. The second-order valence-electron chi connectivity index (χ2n) is 4.93. The van der Waals surface area contributed by atoms with Crippen molar-refractivity contribution in [3.05, 3.63) is 53.3 Å². The number of methoxy groups -OCH3 is 2. The van der Waals surface area contributed by atoms with Crippen molar-refractivity contribution < 1.29 is 9.47 Å². The van der Waals surface area contributed by atoms with Crippen molar-refractivity contribution in [1.82, 2.24) is 4.98 Å². The van der Waals surface area contributed by atoms with Gasteiger partial charge in [-0.05, 0) is 36.2 Å². The van der Waals surface area contributed by atoms with E-state index < -0.39 is 0 Å². The van der Waals surface area contributed by atoms with Crippen molar-refractivity contribution in [3.8, 4) is 11.5 Å². The molecule has 2 N–H and O–H groups in total. The highest BCUT2D eigenvalue weighted by molar-refractivity contribution is 5.42. The molecule has 0 amide bonds. The van der Waals surface area contributed by atoms with E-state index in [0.717, 1.165) is 29.2 Å². The fourth-order valence-electron chi connectivity index (χ4n) is 2.25. The molecular formula is C17H22N2O2. The van der Waals surface area contributed by atoms with Crippen LogP contribution in [0.3, 0.4) is 0 Å². The van der Waals surface area contributed by atoms with Gasteiger partial charge in [-0.2, -0.15) is 0 Å². The van der Waals surface area contributed by atoms with Crippen molar-refractivity contribution in [3.63, 3.8) is 0 Å². The van der Waals surface area contributed by atoms with E-state index in [-0.39, 0.29) is 6.04 Å². The number of nitrogens with zero attached hydrogens (tertiary/aromatic N) is 1. The van der Waals surface area contributed by atoms with Crippen molar-refractivity contribution in [2.45, 2.75) is 25.8 Å². The first-order valence-electron chi connectivity index (χ1n) is 7.09. The first kappa shape index (κ1) is 15.3. The van der Waals surface area contributed by atoms with Crippen LogP contribution < -0.4 is 15.2 Å². The van der Waals surface area contributed by atoms with E-state index in [1.165, 1.54) is 5.56 Å². The topological polar surface area (TPSA) is 57.4 Å². The van der Waals surface area contributed by atoms with Gasteiger partial charge in [0.25, 0.3) is 0 Å². The maximum atomic E-state index is 6.32. The Kier molecular flexibility index (Phi) is 5.17. The monoisotopic (exact) mass is 286 g/mol. The Labute approximate surface area is 125 Å². The first-order valence-corrected chi connectivity index (χ1v) is 7.09. The number of aromatic nitrogens is 1. The molecule has 1 unspecified atom stereocenters. The highest BCUT2D eigenvalue weighted by atomic mass is 16.5. The fraction of sp³-hybridized carbons (Fsp3) is 0.353. The van der Waals surface area contributed by atoms with E-state index in [0.29, 0.717) is 6.42 Å². The molecule has 0 spiro atoms. The molecule has 4 heteroatoms. The second-order valence-corrected chi connectivity index (χ2v) is 4.93. The number of benzene rings is 1. The number of hydrogen-bond donors (Lipinski definition) is 1. The van der Waals surface area contributed by atoms with E-state index in [2.05, 4.69) is 18.0 Å². The van der Waals surface area contributed by atoms with Gasteiger partial charge in [0.15, 0.2) is 0 Å². The third-order valence-corrected chi connectivity index (χ3v) is 3.56. The van der Waals surface area contributed by atoms with E-state index in [1.54, 1.807) is 14.2 Å². The summed E-state index contributed by atoms with van der Waals surface area (Å²) in [6.45, 7) is 2.11. The highest BCUT2D eigenvalue weighted by Gasteiger charge is 2.14. The van der Waals surface area contributed by atoms with Gasteiger partial charge in [0.1, 0.15) is 11.5 Å². The quantitative estimate of drug-likeness (QED) is 0.887. The molecule has 1 aromatic carbocycles. The Morgan fingerprint density at radius 3 is 2.52 bits per heavy atom. The van der Waals surface area contributed by atoms with E-state index in [1.807, 2.05) is 30.5 Å². The molecule has 0 radical (unpaired) electrons. The molecule has 1 heterocycles. The lowest BCUT2D eigenvalue weighted by Crippen LogP contribution is -2.15. The van der Waals surface area contributed by atoms with E-state index in [9.17, 15) is 0 Å². The molecule has 1 atom stereocenters. The summed E-state index contributed by atoms with van der Waals surface area (Å²) in [4.78, 5) is 4.46. The molecule has 0 saturated carbocycles. The van der Waals surface area contributed by atoms with Gasteiger partial charge in [-0.1, -0.05) is 13.0 Å². The van der Waals surface area contributed by atoms with Crippen LogP contribution in [0.5, 0.6) is 11.5 Å². The Morgan fingerprint density at radius 2 is 1.95 bits per heavy atom. The van der Waals surface area contributed by atoms with Crippen LogP contribution in [0.25, 0.3) is 0 Å². The number of aryl methyl sites for hydroxylation is 1. The van der Waals surface area contributed by atoms with E-state index >= 15 is 0 Å². The van der Waals surface area contributed by atoms with Gasteiger partial charge in [-0.25, -0.2) is 0 Å². The highest BCUT2D eigenvalue weighted by Crippen LogP contribution is 2.29. The molecule has 0 aliphatic rings. The predicted octanol–water partition coefficient (Wildman–Crippen LogP) is 2.90. The summed E-state index contributed by atoms with van der Waals surface area (Å²) in [5, 5.41) is 0. The summed E-state index contributed by atoms with van der Waals surface area (Å²) in [5.41, 5.74) is 9.46. The smallest absolute Gasteiger partial charge is 0.123 e. The van der Waals surface area contributed by atoms with Crippen molar-refractivity contribution in [1.29, 1.82) is 0 Å². The number of nitrogens with two attached hydrogens (primary N) is 1. The van der Waals surface area contributed by atoms with Crippen LogP contribution in [0.4, 0.5) is 0 Å². The molecule has 4 nitrogen and oxygen atoms in total. The molecule has 2 aromatic rings. The van der Waals surface area contributed by atoms with Crippen molar-refractivity contribution in [2.75, 3.05) is 14.2 Å². The largest absolute Gasteiger partial charge is 0.497 e. The molecule has 0 aliphatic heterocycles. The normalized spacial score (nSPS) is 12.0. The van der Waals surface area contributed by atoms with Crippen molar-refractivity contribution in [2.24, 2.45) is 5.73 Å². The zero-order valence-corrected chi connectivity index (χ0v) is 12.8. The molecule has 0 fully saturated rings. The predicted molar refractivity (Wildman–Crippen MR) is 83.8 cm³/mol. The van der Waals surface area contributed by atoms with Gasteiger partial charge in [0.05, 0.1) is 14.2 Å². The maximum absolute atomic E-state index is 6.32. The van der Waals surface area contributed by atoms with Crippen LogP contribution in [0.2, 0.25) is 0 Å². The van der Waals surface area contributed by atoms with Gasteiger partial charge in [0.2, 0.25) is 0 Å². The SMILES string of the molecule is CCc1ccc(CC(N)c2cc(OC)ccc2OC)nc1. The third kappa shape index (κ3) is 3.73. The van der Waals surface area contributed by atoms with Crippen LogP contribution in [0.1, 0.15) is 29.8 Å². The summed E-state index contributed by atoms with van der Waals surface area (Å²) >= 11 is 0. The number of ether oxygens (including phenoxy) is 2. The van der Waals surface area contributed by atoms with Crippen LogP contribution >= 0.6 is 0 Å². The third-order valence-electron chi connectivity index (χ3n) is 3.56. The summed E-state index contributed by atoms with van der Waals surface area (Å²) < 4.78 is 10.6. The minimum absolute atomic E-state index is 0.185. The lowest BCUT2D eigenvalue weighted by atomic mass is 10.0. The lowest BCUT2D eigenvalue weighted by molar-refractivity contribution is 0.395. The Bertz CT molecular complexity index is 582. The van der Waals surface area contributed by atoms with Gasteiger partial charge in [-0.15, -0.1) is 0 Å². The first-order chi connectivity index (χ1) is 10.2. The Morgan fingerprint density at radius 1 is 1.14 bits per heavy atom. The second kappa shape index (κ2) is 7.09. The van der Waals surface area contributed by atoms with Crippen LogP contribution in [-0.4, -0.2) is 19.2 Å². The molecular weight excluding hydrogens is 264 g/mol. The Balaban J connectivity index is 2.20. The molecule has 0 saturated heterocycles. The number of rotatable bonds is 6. The minimum Gasteiger partial charge on any atom is -0.497 e. The maximum Gasteiger partial charge on any atom is 0.123 e. The van der Waals surface area contributed by atoms with Crippen LogP contribution in [0, 0.1) is 0 Å². The standard InChI is InChI=1S/C17H22N2O2/c1-4-12-5-6-13(19-11-12)9-16(18)15-10-14(20-2)7-8-17(15)21-3/h5-8,10-11,16H,4,9,18H2,1-3H3. The van der Waals surface area contributed by atoms with Crippen molar-refractivity contribution >= 4 is 0 Å². The van der Waals surface area contributed by atoms with Gasteiger partial charge >= 0.3 is 0 Å². The summed E-state index contributed by atoms with van der Waals surface area (Å²) in [6, 6.07) is 9.60. The summed E-state index contributed by atoms with van der Waals surface area (Å²) in [6.07, 6.45) is 3.56. The Hall–Kier alpha value is -2.07. The van der Waals surface area contributed by atoms with Crippen LogP contribution in [-0.2, 0) is 12.8 Å². The molecule has 112 valence electrons. The van der Waals surface area contributed by atoms with Gasteiger partial charge in [0, 0.05) is 29.9 Å². The molecule has 21 heavy (non-hydrogen) atoms. The summed E-state index contributed by atoms with van der Waals surface area (Å²) in [7, 11) is 3.29. The minimum atomic E-state index is -0.185. The lowest BCUT2D eigenvalue weighted by Gasteiger charge is -2.16. The average Bonchev–Trinajstić information content (AvgIpc) is 2.54. The fourth-order valence-corrected chi connectivity index (χ4v) is 2.25. The van der Waals surface area contributed by atoms with E-state index in [4.69, 9.17) is 15.2 Å². The average molecular weight is 286 g/mol. The van der Waals surface area contributed by atoms with Gasteiger partial charge < -0.3 is 15.2 Å². The zero-order chi connectivity index (χ0) is 15.2. The summed E-state index contributed by atoms with van der Waals surface area (Å²) in [5.74, 6) is 1.55. The zero-order valence-electron chi connectivity index (χ0n) is 12.8. The molecule has 1 aromatic heterocycles. The van der Waals surface area contributed by atoms with Crippen LogP contribution in [0.15, 0.2) is 36.5 Å². The molecule has 2 rings (SSSR count).